The number of ether oxygens (including phenoxy) is 3. The average molecular weight is 466 g/mol. The van der Waals surface area contributed by atoms with Crippen LogP contribution in [0.5, 0.6) is 17.4 Å². The number of benzene rings is 1. The highest BCUT2D eigenvalue weighted by molar-refractivity contribution is 6.55. The summed E-state index contributed by atoms with van der Waals surface area (Å²) in [4.78, 5) is 17.2. The molecule has 0 saturated heterocycles. The Morgan fingerprint density at radius 3 is 2.32 bits per heavy atom. The van der Waals surface area contributed by atoms with Crippen LogP contribution in [0.1, 0.15) is 39.8 Å². The number of halogens is 2. The lowest BCUT2D eigenvalue weighted by molar-refractivity contribution is -0.153. The lowest BCUT2D eigenvalue weighted by atomic mass is 9.82. The summed E-state index contributed by atoms with van der Waals surface area (Å²) in [6.07, 6.45) is 2.43. The summed E-state index contributed by atoms with van der Waals surface area (Å²) in [5.74, 6) is 1.16. The molecular formula is C24H29Cl2NO4. The summed E-state index contributed by atoms with van der Waals surface area (Å²) in [7, 11) is 0. The lowest BCUT2D eigenvalue weighted by Gasteiger charge is -2.25. The lowest BCUT2D eigenvalue weighted by Crippen LogP contribution is -2.29. The van der Waals surface area contributed by atoms with Gasteiger partial charge in [0, 0.05) is 6.07 Å². The highest BCUT2D eigenvalue weighted by Crippen LogP contribution is 2.29. The number of allylic oxidation sites excluding steroid dienone is 1. The van der Waals surface area contributed by atoms with Gasteiger partial charge in [-0.15, -0.1) is 0 Å². The Balaban J connectivity index is 2.03. The number of hydrogen-bond donors (Lipinski definition) is 0. The molecule has 0 aliphatic heterocycles. The number of pyridine rings is 1. The van der Waals surface area contributed by atoms with Crippen molar-refractivity contribution in [2.45, 2.75) is 40.7 Å². The van der Waals surface area contributed by atoms with Gasteiger partial charge in [-0.25, -0.2) is 4.98 Å². The van der Waals surface area contributed by atoms with Crippen LogP contribution >= 0.6 is 23.2 Å². The summed E-state index contributed by atoms with van der Waals surface area (Å²) in [6, 6.07) is 12.6. The predicted octanol–water partition coefficient (Wildman–Crippen LogP) is 6.93. The van der Waals surface area contributed by atoms with Crippen LogP contribution in [0, 0.1) is 17.8 Å². The third-order valence-electron chi connectivity index (χ3n) is 4.76. The van der Waals surface area contributed by atoms with E-state index in [9.17, 15) is 4.79 Å². The first kappa shape index (κ1) is 25.0. The minimum Gasteiger partial charge on any atom is -0.494 e. The number of carbonyl (C=O) groups excluding carboxylic acids is 1. The van der Waals surface area contributed by atoms with Crippen LogP contribution in [-0.2, 0) is 16.1 Å². The maximum absolute atomic E-state index is 12.8. The van der Waals surface area contributed by atoms with Gasteiger partial charge in [0.05, 0.1) is 18.2 Å². The van der Waals surface area contributed by atoms with Crippen molar-refractivity contribution in [1.82, 2.24) is 4.98 Å². The minimum atomic E-state index is -0.346. The van der Waals surface area contributed by atoms with E-state index in [1.54, 1.807) is 18.2 Å². The molecule has 31 heavy (non-hydrogen) atoms. The van der Waals surface area contributed by atoms with E-state index >= 15 is 0 Å². The number of nitrogens with zero attached hydrogens (tertiary/aromatic N) is 1. The molecule has 0 bridgehead atoms. The van der Waals surface area contributed by atoms with Gasteiger partial charge in [-0.05, 0) is 55.5 Å². The number of carbonyl (C=O) groups is 1. The van der Waals surface area contributed by atoms with Crippen molar-refractivity contribution in [3.05, 3.63) is 58.7 Å². The van der Waals surface area contributed by atoms with Gasteiger partial charge < -0.3 is 14.2 Å². The van der Waals surface area contributed by atoms with Crippen LogP contribution in [0.4, 0.5) is 0 Å². The molecule has 0 saturated carbocycles. The molecular weight excluding hydrogens is 437 g/mol. The van der Waals surface area contributed by atoms with Crippen LogP contribution < -0.4 is 9.47 Å². The second-order valence-corrected chi connectivity index (χ2v) is 8.39. The maximum atomic E-state index is 12.8. The smallest absolute Gasteiger partial charge is 0.310 e. The van der Waals surface area contributed by atoms with Crippen molar-refractivity contribution in [2.75, 3.05) is 6.61 Å². The molecule has 0 fully saturated rings. The van der Waals surface area contributed by atoms with E-state index in [0.717, 1.165) is 12.2 Å². The molecule has 0 aliphatic carbocycles. The molecule has 2 atom stereocenters. The van der Waals surface area contributed by atoms with Crippen LogP contribution in [0.3, 0.4) is 0 Å². The molecule has 2 rings (SSSR count). The first-order valence-electron chi connectivity index (χ1n) is 10.4. The molecule has 0 N–H and O–H groups in total. The van der Waals surface area contributed by atoms with Crippen molar-refractivity contribution in [3.8, 4) is 17.4 Å². The van der Waals surface area contributed by atoms with Crippen LogP contribution in [0.15, 0.2) is 53.0 Å². The van der Waals surface area contributed by atoms with E-state index in [0.29, 0.717) is 23.9 Å². The van der Waals surface area contributed by atoms with E-state index in [2.05, 4.69) is 4.98 Å². The van der Waals surface area contributed by atoms with E-state index in [1.165, 1.54) is 0 Å². The Labute approximate surface area is 194 Å². The third-order valence-corrected chi connectivity index (χ3v) is 5.02. The summed E-state index contributed by atoms with van der Waals surface area (Å²) in [5, 5.41) is 0. The van der Waals surface area contributed by atoms with Crippen molar-refractivity contribution in [3.63, 3.8) is 0 Å². The predicted molar refractivity (Wildman–Crippen MR) is 124 cm³/mol. The van der Waals surface area contributed by atoms with E-state index < -0.39 is 0 Å². The molecule has 1 heterocycles. The second-order valence-electron chi connectivity index (χ2n) is 7.38. The van der Waals surface area contributed by atoms with Gasteiger partial charge in [0.15, 0.2) is 0 Å². The van der Waals surface area contributed by atoms with Crippen LogP contribution in [-0.4, -0.2) is 17.6 Å². The molecule has 0 spiro atoms. The standard InChI is InChI=1S/C24H29Cl2NO4/c1-5-17(14-21(25)26)23(16(3)4)24(28)30-15-18-8-7-9-22(27-18)31-20-12-10-19(11-13-20)29-6-2/h7-14,16-17,23H,5-6,15H2,1-4H3. The quantitative estimate of drug-likeness (QED) is 0.336. The van der Waals surface area contributed by atoms with Gasteiger partial charge in [0.25, 0.3) is 0 Å². The van der Waals surface area contributed by atoms with Gasteiger partial charge in [-0.1, -0.05) is 56.1 Å². The normalized spacial score (nSPS) is 12.7. The van der Waals surface area contributed by atoms with Crippen molar-refractivity contribution >= 4 is 29.2 Å². The summed E-state index contributed by atoms with van der Waals surface area (Å²) in [6.45, 7) is 8.54. The van der Waals surface area contributed by atoms with Crippen molar-refractivity contribution in [2.24, 2.45) is 17.8 Å². The van der Waals surface area contributed by atoms with Gasteiger partial charge >= 0.3 is 5.97 Å². The SMILES string of the molecule is CCOc1ccc(Oc2cccc(COC(=O)C(C(C)C)C(C=C(Cl)Cl)CC)n2)cc1. The van der Waals surface area contributed by atoms with E-state index in [4.69, 9.17) is 37.4 Å². The number of aromatic nitrogens is 1. The first-order chi connectivity index (χ1) is 14.8. The van der Waals surface area contributed by atoms with Crippen molar-refractivity contribution < 1.29 is 19.0 Å². The molecule has 1 aromatic carbocycles. The molecule has 2 unspecified atom stereocenters. The zero-order chi connectivity index (χ0) is 22.8. The number of esters is 1. The van der Waals surface area contributed by atoms with Crippen molar-refractivity contribution in [1.29, 1.82) is 0 Å². The average Bonchev–Trinajstić information content (AvgIpc) is 2.73. The van der Waals surface area contributed by atoms with E-state index in [-0.39, 0.29) is 34.8 Å². The summed E-state index contributed by atoms with van der Waals surface area (Å²) >= 11 is 11.7. The fraction of sp³-hybridized carbons (Fsp3) is 0.417. The van der Waals surface area contributed by atoms with Crippen LogP contribution in [0.25, 0.3) is 0 Å². The fourth-order valence-corrected chi connectivity index (χ4v) is 3.63. The topological polar surface area (TPSA) is 57.7 Å². The molecule has 5 nitrogen and oxygen atoms in total. The molecule has 1 aromatic heterocycles. The Bertz CT molecular complexity index is 864. The highest BCUT2D eigenvalue weighted by Gasteiger charge is 2.30. The maximum Gasteiger partial charge on any atom is 0.310 e. The van der Waals surface area contributed by atoms with Gasteiger partial charge in [-0.2, -0.15) is 0 Å². The molecule has 7 heteroatoms. The Hall–Kier alpha value is -2.24. The molecule has 168 valence electrons. The first-order valence-corrected chi connectivity index (χ1v) is 11.2. The third kappa shape index (κ3) is 8.08. The molecule has 2 aromatic rings. The molecule has 0 radical (unpaired) electrons. The Morgan fingerprint density at radius 2 is 1.74 bits per heavy atom. The largest absolute Gasteiger partial charge is 0.494 e. The van der Waals surface area contributed by atoms with E-state index in [1.807, 2.05) is 58.0 Å². The monoisotopic (exact) mass is 465 g/mol. The van der Waals surface area contributed by atoms with Gasteiger partial charge in [-0.3, -0.25) is 4.79 Å². The fourth-order valence-electron chi connectivity index (χ4n) is 3.31. The molecule has 0 amide bonds. The van der Waals surface area contributed by atoms with Gasteiger partial charge in [0.1, 0.15) is 22.6 Å². The van der Waals surface area contributed by atoms with Crippen LogP contribution in [0.2, 0.25) is 0 Å². The Morgan fingerprint density at radius 1 is 1.06 bits per heavy atom. The highest BCUT2D eigenvalue weighted by atomic mass is 35.5. The minimum absolute atomic E-state index is 0.0529. The summed E-state index contributed by atoms with van der Waals surface area (Å²) < 4.78 is 17.0. The Kier molecular flexibility index (Phi) is 10.2. The van der Waals surface area contributed by atoms with Gasteiger partial charge in [0.2, 0.25) is 5.88 Å². The zero-order valence-electron chi connectivity index (χ0n) is 18.3. The summed E-state index contributed by atoms with van der Waals surface area (Å²) in [5.41, 5.74) is 0.596. The number of hydrogen-bond acceptors (Lipinski definition) is 5. The molecule has 0 aliphatic rings. The number of rotatable bonds is 11. The zero-order valence-corrected chi connectivity index (χ0v) is 19.8. The second kappa shape index (κ2) is 12.6.